The van der Waals surface area contributed by atoms with Crippen molar-refractivity contribution in [3.8, 4) is 0 Å². The average molecular weight is 481 g/mol. The molecule has 9 heteroatoms. The maximum atomic E-state index is 13.5. The van der Waals surface area contributed by atoms with E-state index in [-0.39, 0.29) is 12.4 Å². The van der Waals surface area contributed by atoms with Crippen LogP contribution in [-0.2, 0) is 9.53 Å². The van der Waals surface area contributed by atoms with Gasteiger partial charge >= 0.3 is 12.0 Å². The highest BCUT2D eigenvalue weighted by atomic mass is 19.1. The number of nitrogens with one attached hydrogen (secondary N) is 2. The molecule has 0 unspecified atom stereocenters. The standard InChI is InChI=1S/C26H29FN4O4/c1-3-35-25(33)23-22(28-26(34)29-24(23)19-4-8-20(27)9-5-19)16-30-12-14-31(15-13-30)21-10-6-18(7-11-21)17(2)32/h4-11,24H,3,12-16H2,1-2H3,(H2,28,29,34)/t24-/m0/s1. The fraction of sp³-hybridized carbons (Fsp3) is 0.346. The second-order valence-electron chi connectivity index (χ2n) is 8.56. The monoisotopic (exact) mass is 480 g/mol. The number of halogens is 1. The second kappa shape index (κ2) is 10.7. The third-order valence-corrected chi connectivity index (χ3v) is 6.25. The highest BCUT2D eigenvalue weighted by molar-refractivity contribution is 5.95. The van der Waals surface area contributed by atoms with E-state index < -0.39 is 23.9 Å². The van der Waals surface area contributed by atoms with Crippen LogP contribution in [0.25, 0.3) is 0 Å². The van der Waals surface area contributed by atoms with Crippen LogP contribution in [-0.4, -0.2) is 62.0 Å². The summed E-state index contributed by atoms with van der Waals surface area (Å²) in [4.78, 5) is 41.3. The number of carbonyl (C=O) groups excluding carboxylic acids is 3. The quantitative estimate of drug-likeness (QED) is 0.468. The Bertz CT molecular complexity index is 1120. The van der Waals surface area contributed by atoms with Crippen LogP contribution in [0.3, 0.4) is 0 Å². The Morgan fingerprint density at radius 3 is 2.29 bits per heavy atom. The Labute approximate surface area is 203 Å². The molecule has 2 aliphatic heterocycles. The number of esters is 1. The fourth-order valence-corrected chi connectivity index (χ4v) is 4.39. The lowest BCUT2D eigenvalue weighted by Crippen LogP contribution is -2.51. The Hall–Kier alpha value is -3.72. The van der Waals surface area contributed by atoms with Gasteiger partial charge in [0.1, 0.15) is 5.82 Å². The minimum atomic E-state index is -0.737. The van der Waals surface area contributed by atoms with E-state index in [2.05, 4.69) is 20.4 Å². The van der Waals surface area contributed by atoms with Gasteiger partial charge in [0.2, 0.25) is 0 Å². The maximum absolute atomic E-state index is 13.5. The minimum absolute atomic E-state index is 0.0370. The van der Waals surface area contributed by atoms with Gasteiger partial charge in [0.05, 0.1) is 18.2 Å². The molecule has 0 bridgehead atoms. The summed E-state index contributed by atoms with van der Waals surface area (Å²) in [6.07, 6.45) is 0. The van der Waals surface area contributed by atoms with Gasteiger partial charge < -0.3 is 20.3 Å². The first-order valence-electron chi connectivity index (χ1n) is 11.7. The molecule has 0 spiro atoms. The molecule has 35 heavy (non-hydrogen) atoms. The van der Waals surface area contributed by atoms with E-state index in [1.807, 2.05) is 24.3 Å². The third-order valence-electron chi connectivity index (χ3n) is 6.25. The predicted molar refractivity (Wildman–Crippen MR) is 130 cm³/mol. The number of benzene rings is 2. The molecule has 2 aliphatic rings. The SMILES string of the molecule is CCOC(=O)C1=C(CN2CCN(c3ccc(C(C)=O)cc3)CC2)NC(=O)N[C@H]1c1ccc(F)cc1. The predicted octanol–water partition coefficient (Wildman–Crippen LogP) is 3.02. The van der Waals surface area contributed by atoms with Crippen molar-refractivity contribution in [3.63, 3.8) is 0 Å². The maximum Gasteiger partial charge on any atom is 0.338 e. The topological polar surface area (TPSA) is 91.0 Å². The van der Waals surface area contributed by atoms with Crippen molar-refractivity contribution < 1.29 is 23.5 Å². The summed E-state index contributed by atoms with van der Waals surface area (Å²) >= 11 is 0. The van der Waals surface area contributed by atoms with E-state index in [0.717, 1.165) is 31.9 Å². The van der Waals surface area contributed by atoms with Gasteiger partial charge in [-0.25, -0.2) is 14.0 Å². The van der Waals surface area contributed by atoms with Gasteiger partial charge in [0.15, 0.2) is 5.78 Å². The summed E-state index contributed by atoms with van der Waals surface area (Å²) in [6.45, 7) is 6.80. The number of hydrogen-bond donors (Lipinski definition) is 2. The average Bonchev–Trinajstić information content (AvgIpc) is 2.85. The Balaban J connectivity index is 1.51. The number of hydrogen-bond acceptors (Lipinski definition) is 6. The van der Waals surface area contributed by atoms with E-state index in [1.165, 1.54) is 12.1 Å². The number of piperazine rings is 1. The number of carbonyl (C=O) groups is 3. The molecule has 1 saturated heterocycles. The van der Waals surface area contributed by atoms with Crippen molar-refractivity contribution >= 4 is 23.5 Å². The van der Waals surface area contributed by atoms with Gasteiger partial charge in [-0.05, 0) is 55.8 Å². The van der Waals surface area contributed by atoms with E-state index in [0.29, 0.717) is 28.9 Å². The number of Topliss-reactive ketones (excluding diaryl/α,β-unsaturated/α-hetero) is 1. The van der Waals surface area contributed by atoms with Crippen molar-refractivity contribution in [2.45, 2.75) is 19.9 Å². The molecule has 8 nitrogen and oxygen atoms in total. The first-order valence-corrected chi connectivity index (χ1v) is 11.7. The van der Waals surface area contributed by atoms with Crippen molar-refractivity contribution in [2.24, 2.45) is 0 Å². The van der Waals surface area contributed by atoms with Crippen molar-refractivity contribution in [3.05, 3.63) is 76.7 Å². The molecule has 184 valence electrons. The minimum Gasteiger partial charge on any atom is -0.463 e. The zero-order chi connectivity index (χ0) is 24.9. The Morgan fingerprint density at radius 2 is 1.69 bits per heavy atom. The second-order valence-corrected chi connectivity index (χ2v) is 8.56. The van der Waals surface area contributed by atoms with Gasteiger partial charge in [0.25, 0.3) is 0 Å². The summed E-state index contributed by atoms with van der Waals surface area (Å²) in [7, 11) is 0. The number of rotatable bonds is 7. The molecule has 2 N–H and O–H groups in total. The van der Waals surface area contributed by atoms with Gasteiger partial charge in [0, 0.05) is 49.7 Å². The lowest BCUT2D eigenvalue weighted by Gasteiger charge is -2.38. The van der Waals surface area contributed by atoms with Crippen molar-refractivity contribution in [1.29, 1.82) is 0 Å². The number of anilines is 1. The summed E-state index contributed by atoms with van der Waals surface area (Å²) in [5.41, 5.74) is 3.14. The molecular formula is C26H29FN4O4. The number of urea groups is 1. The van der Waals surface area contributed by atoms with Gasteiger partial charge in [-0.3, -0.25) is 9.69 Å². The molecule has 0 saturated carbocycles. The number of ether oxygens (including phenoxy) is 1. The van der Waals surface area contributed by atoms with Crippen LogP contribution in [0.4, 0.5) is 14.9 Å². The Morgan fingerprint density at radius 1 is 1.03 bits per heavy atom. The lowest BCUT2D eigenvalue weighted by atomic mass is 9.95. The molecule has 1 atom stereocenters. The van der Waals surface area contributed by atoms with Crippen LogP contribution in [0.5, 0.6) is 0 Å². The number of nitrogens with zero attached hydrogens (tertiary/aromatic N) is 2. The van der Waals surface area contributed by atoms with E-state index in [4.69, 9.17) is 4.74 Å². The molecule has 0 aromatic heterocycles. The molecule has 2 heterocycles. The number of ketones is 1. The summed E-state index contributed by atoms with van der Waals surface area (Å²) in [6, 6.07) is 12.1. The van der Waals surface area contributed by atoms with E-state index in [1.54, 1.807) is 26.0 Å². The van der Waals surface area contributed by atoms with Gasteiger partial charge in [-0.2, -0.15) is 0 Å². The van der Waals surface area contributed by atoms with E-state index in [9.17, 15) is 18.8 Å². The molecule has 2 amide bonds. The lowest BCUT2D eigenvalue weighted by molar-refractivity contribution is -0.139. The summed E-state index contributed by atoms with van der Waals surface area (Å²) in [5.74, 6) is -0.881. The molecule has 1 fully saturated rings. The van der Waals surface area contributed by atoms with Crippen LogP contribution < -0.4 is 15.5 Å². The van der Waals surface area contributed by atoms with Gasteiger partial charge in [-0.15, -0.1) is 0 Å². The molecule has 0 radical (unpaired) electrons. The first kappa shape index (κ1) is 24.4. The summed E-state index contributed by atoms with van der Waals surface area (Å²) in [5, 5.41) is 5.56. The van der Waals surface area contributed by atoms with E-state index >= 15 is 0 Å². The Kier molecular flexibility index (Phi) is 7.45. The molecule has 2 aromatic rings. The zero-order valence-electron chi connectivity index (χ0n) is 19.8. The van der Waals surface area contributed by atoms with Crippen molar-refractivity contribution in [2.75, 3.05) is 44.2 Å². The molecular weight excluding hydrogens is 451 g/mol. The fourth-order valence-electron chi connectivity index (χ4n) is 4.39. The number of amides is 2. The normalized spacial score (nSPS) is 18.7. The highest BCUT2D eigenvalue weighted by Crippen LogP contribution is 2.29. The summed E-state index contributed by atoms with van der Waals surface area (Å²) < 4.78 is 18.8. The third kappa shape index (κ3) is 5.68. The highest BCUT2D eigenvalue weighted by Gasteiger charge is 2.34. The molecule has 2 aromatic carbocycles. The largest absolute Gasteiger partial charge is 0.463 e. The molecule has 0 aliphatic carbocycles. The molecule has 4 rings (SSSR count). The van der Waals surface area contributed by atoms with Crippen molar-refractivity contribution in [1.82, 2.24) is 15.5 Å². The van der Waals surface area contributed by atoms with Crippen LogP contribution in [0.1, 0.15) is 35.8 Å². The smallest absolute Gasteiger partial charge is 0.338 e. The zero-order valence-corrected chi connectivity index (χ0v) is 19.8. The van der Waals surface area contributed by atoms with Crippen LogP contribution >= 0.6 is 0 Å². The van der Waals surface area contributed by atoms with Crippen LogP contribution in [0.15, 0.2) is 59.8 Å². The first-order chi connectivity index (χ1) is 16.9. The van der Waals surface area contributed by atoms with Crippen LogP contribution in [0.2, 0.25) is 0 Å². The van der Waals surface area contributed by atoms with Gasteiger partial charge in [-0.1, -0.05) is 12.1 Å². The van der Waals surface area contributed by atoms with Crippen LogP contribution in [0, 0.1) is 5.82 Å².